The Hall–Kier alpha value is -2.82. The Morgan fingerprint density at radius 3 is 2.40 bits per heavy atom. The maximum Gasteiger partial charge on any atom is 0.261 e. The van der Waals surface area contributed by atoms with Gasteiger partial charge in [-0.2, -0.15) is 0 Å². The number of rotatable bonds is 10. The average molecular weight is 411 g/mol. The van der Waals surface area contributed by atoms with Gasteiger partial charge in [-0.1, -0.05) is 43.3 Å². The smallest absolute Gasteiger partial charge is 0.261 e. The number of nitrogens with one attached hydrogen (secondary N) is 1. The van der Waals surface area contributed by atoms with Crippen LogP contribution in [0.15, 0.2) is 42.5 Å². The Bertz CT molecular complexity index is 849. The van der Waals surface area contributed by atoms with Crippen molar-refractivity contribution in [3.8, 4) is 5.75 Å². The van der Waals surface area contributed by atoms with Crippen molar-refractivity contribution in [2.45, 2.75) is 53.5 Å². The van der Waals surface area contributed by atoms with Crippen molar-refractivity contribution in [2.75, 3.05) is 19.7 Å². The lowest BCUT2D eigenvalue weighted by Gasteiger charge is -2.30. The molecule has 0 radical (unpaired) electrons. The van der Waals surface area contributed by atoms with Crippen LogP contribution in [0, 0.1) is 20.8 Å². The molecular weight excluding hydrogens is 376 g/mol. The number of hydrogen-bond donors (Lipinski definition) is 1. The monoisotopic (exact) mass is 410 g/mol. The van der Waals surface area contributed by atoms with Gasteiger partial charge in [-0.05, 0) is 68.9 Å². The number of nitrogens with zero attached hydrogens (tertiary/aromatic N) is 1. The molecule has 162 valence electrons. The molecule has 2 amide bonds. The van der Waals surface area contributed by atoms with Gasteiger partial charge in [0.2, 0.25) is 5.91 Å². The van der Waals surface area contributed by atoms with Crippen molar-refractivity contribution in [3.63, 3.8) is 0 Å². The van der Waals surface area contributed by atoms with Crippen molar-refractivity contribution < 1.29 is 14.3 Å². The van der Waals surface area contributed by atoms with Gasteiger partial charge >= 0.3 is 0 Å². The number of aryl methyl sites for hydroxylation is 2. The summed E-state index contributed by atoms with van der Waals surface area (Å²) in [5, 5.41) is 2.85. The summed E-state index contributed by atoms with van der Waals surface area (Å²) in [4.78, 5) is 27.4. The third-order valence-corrected chi connectivity index (χ3v) is 5.34. The lowest BCUT2D eigenvalue weighted by molar-refractivity contribution is -0.142. The van der Waals surface area contributed by atoms with E-state index in [1.165, 1.54) is 0 Å². The minimum atomic E-state index is -0.509. The topological polar surface area (TPSA) is 58.6 Å². The summed E-state index contributed by atoms with van der Waals surface area (Å²) in [7, 11) is 0. The van der Waals surface area contributed by atoms with E-state index in [0.717, 1.165) is 28.0 Å². The van der Waals surface area contributed by atoms with Crippen molar-refractivity contribution in [1.29, 1.82) is 0 Å². The average Bonchev–Trinajstić information content (AvgIpc) is 2.73. The number of benzene rings is 2. The van der Waals surface area contributed by atoms with Crippen LogP contribution < -0.4 is 10.1 Å². The van der Waals surface area contributed by atoms with Crippen LogP contribution in [0.25, 0.3) is 0 Å². The summed E-state index contributed by atoms with van der Waals surface area (Å²) in [6.45, 7) is 10.8. The first-order chi connectivity index (χ1) is 14.4. The Morgan fingerprint density at radius 2 is 1.77 bits per heavy atom. The van der Waals surface area contributed by atoms with E-state index in [1.54, 1.807) is 4.90 Å². The summed E-state index contributed by atoms with van der Waals surface area (Å²) >= 11 is 0. The first-order valence-electron chi connectivity index (χ1n) is 10.7. The summed E-state index contributed by atoms with van der Waals surface area (Å²) in [6.07, 6.45) is 1.24. The van der Waals surface area contributed by atoms with Crippen LogP contribution in [0.4, 0.5) is 0 Å². The van der Waals surface area contributed by atoms with Gasteiger partial charge in [0.1, 0.15) is 11.8 Å². The lowest BCUT2D eigenvalue weighted by atomic mass is 10.1. The molecule has 1 N–H and O–H groups in total. The number of ether oxygens (including phenoxy) is 1. The fourth-order valence-corrected chi connectivity index (χ4v) is 3.56. The van der Waals surface area contributed by atoms with E-state index >= 15 is 0 Å². The molecule has 0 saturated heterocycles. The molecule has 2 rings (SSSR count). The van der Waals surface area contributed by atoms with Gasteiger partial charge in [0, 0.05) is 13.1 Å². The lowest BCUT2D eigenvalue weighted by Crippen LogP contribution is -2.51. The fourth-order valence-electron chi connectivity index (χ4n) is 3.56. The second kappa shape index (κ2) is 11.4. The standard InChI is InChI=1S/C25H34N2O3/c1-6-22(25(29)26-7-2)27(14-13-21-11-9-8-10-12-21)24(28)17-30-23-16-18(3)15-19(4)20(23)5/h8-12,15-16,22H,6-7,13-14,17H2,1-5H3,(H,26,29). The van der Waals surface area contributed by atoms with E-state index in [4.69, 9.17) is 4.74 Å². The predicted molar refractivity (Wildman–Crippen MR) is 121 cm³/mol. The number of amides is 2. The van der Waals surface area contributed by atoms with Gasteiger partial charge in [-0.25, -0.2) is 0 Å². The van der Waals surface area contributed by atoms with Gasteiger partial charge < -0.3 is 15.0 Å². The molecule has 1 unspecified atom stereocenters. The number of carbonyl (C=O) groups excluding carboxylic acids is 2. The number of carbonyl (C=O) groups is 2. The van der Waals surface area contributed by atoms with Gasteiger partial charge in [0.05, 0.1) is 0 Å². The molecular formula is C25H34N2O3. The molecule has 0 bridgehead atoms. The molecule has 2 aromatic carbocycles. The second-order valence-corrected chi connectivity index (χ2v) is 7.63. The molecule has 0 aliphatic rings. The molecule has 1 atom stereocenters. The Balaban J connectivity index is 2.17. The maximum atomic E-state index is 13.1. The molecule has 5 heteroatoms. The molecule has 0 aliphatic carbocycles. The molecule has 0 aliphatic heterocycles. The molecule has 0 fully saturated rings. The third kappa shape index (κ3) is 6.34. The minimum Gasteiger partial charge on any atom is -0.483 e. The van der Waals surface area contributed by atoms with Crippen molar-refractivity contribution in [3.05, 3.63) is 64.7 Å². The second-order valence-electron chi connectivity index (χ2n) is 7.63. The summed E-state index contributed by atoms with van der Waals surface area (Å²) in [6, 6.07) is 13.5. The van der Waals surface area contributed by atoms with Gasteiger partial charge in [-0.3, -0.25) is 9.59 Å². The van der Waals surface area contributed by atoms with Gasteiger partial charge in [0.15, 0.2) is 6.61 Å². The minimum absolute atomic E-state index is 0.0889. The molecule has 30 heavy (non-hydrogen) atoms. The van der Waals surface area contributed by atoms with Crippen molar-refractivity contribution >= 4 is 11.8 Å². The van der Waals surface area contributed by atoms with E-state index in [9.17, 15) is 9.59 Å². The Labute approximate surface area is 180 Å². The molecule has 0 heterocycles. The van der Waals surface area contributed by atoms with Crippen LogP contribution in [0.5, 0.6) is 5.75 Å². The zero-order valence-corrected chi connectivity index (χ0v) is 18.8. The molecule has 5 nitrogen and oxygen atoms in total. The van der Waals surface area contributed by atoms with Gasteiger partial charge in [0.25, 0.3) is 5.91 Å². The highest BCUT2D eigenvalue weighted by Crippen LogP contribution is 2.23. The molecule has 0 aromatic heterocycles. The molecule has 0 saturated carbocycles. The van der Waals surface area contributed by atoms with E-state index in [1.807, 2.05) is 71.0 Å². The van der Waals surface area contributed by atoms with E-state index in [0.29, 0.717) is 25.9 Å². The van der Waals surface area contributed by atoms with E-state index in [2.05, 4.69) is 11.4 Å². The van der Waals surface area contributed by atoms with E-state index in [-0.39, 0.29) is 18.4 Å². The van der Waals surface area contributed by atoms with Gasteiger partial charge in [-0.15, -0.1) is 0 Å². The zero-order valence-electron chi connectivity index (χ0n) is 18.8. The van der Waals surface area contributed by atoms with Crippen LogP contribution in [-0.4, -0.2) is 42.5 Å². The first kappa shape index (κ1) is 23.5. The largest absolute Gasteiger partial charge is 0.483 e. The highest BCUT2D eigenvalue weighted by molar-refractivity contribution is 5.88. The quantitative estimate of drug-likeness (QED) is 0.645. The third-order valence-electron chi connectivity index (χ3n) is 5.34. The Kier molecular flexibility index (Phi) is 8.90. The maximum absolute atomic E-state index is 13.1. The Morgan fingerprint density at radius 1 is 1.07 bits per heavy atom. The van der Waals surface area contributed by atoms with Crippen molar-refractivity contribution in [1.82, 2.24) is 10.2 Å². The fraction of sp³-hybridized carbons (Fsp3) is 0.440. The summed E-state index contributed by atoms with van der Waals surface area (Å²) in [5.41, 5.74) is 4.38. The normalized spacial score (nSPS) is 11.6. The van der Waals surface area contributed by atoms with Crippen LogP contribution in [-0.2, 0) is 16.0 Å². The highest BCUT2D eigenvalue weighted by Gasteiger charge is 2.28. The molecule has 0 spiro atoms. The van der Waals surface area contributed by atoms with Crippen LogP contribution in [0.1, 0.15) is 42.5 Å². The highest BCUT2D eigenvalue weighted by atomic mass is 16.5. The van der Waals surface area contributed by atoms with Crippen LogP contribution in [0.3, 0.4) is 0 Å². The first-order valence-corrected chi connectivity index (χ1v) is 10.7. The molecule has 2 aromatic rings. The van der Waals surface area contributed by atoms with Crippen LogP contribution >= 0.6 is 0 Å². The zero-order chi connectivity index (χ0) is 22.1. The SMILES string of the molecule is CCNC(=O)C(CC)N(CCc1ccccc1)C(=O)COc1cc(C)cc(C)c1C. The van der Waals surface area contributed by atoms with E-state index < -0.39 is 6.04 Å². The summed E-state index contributed by atoms with van der Waals surface area (Å²) < 4.78 is 5.90. The summed E-state index contributed by atoms with van der Waals surface area (Å²) in [5.74, 6) is 0.418. The van der Waals surface area contributed by atoms with Crippen LogP contribution in [0.2, 0.25) is 0 Å². The van der Waals surface area contributed by atoms with Crippen molar-refractivity contribution in [2.24, 2.45) is 0 Å². The number of hydrogen-bond acceptors (Lipinski definition) is 3. The number of likely N-dealkylation sites (N-methyl/N-ethyl adjacent to an activating group) is 1. The predicted octanol–water partition coefficient (Wildman–Crippen LogP) is 3.98.